The van der Waals surface area contributed by atoms with Crippen LogP contribution in [-0.2, 0) is 21.4 Å². The summed E-state index contributed by atoms with van der Waals surface area (Å²) < 4.78 is 42.0. The zero-order valence-electron chi connectivity index (χ0n) is 14.7. The quantitative estimate of drug-likeness (QED) is 0.696. The van der Waals surface area contributed by atoms with E-state index in [9.17, 15) is 17.6 Å². The minimum absolute atomic E-state index is 0.108. The summed E-state index contributed by atoms with van der Waals surface area (Å²) in [7, 11) is -4.13. The van der Waals surface area contributed by atoms with Gasteiger partial charge < -0.3 is 4.90 Å². The third kappa shape index (κ3) is 4.94. The molecule has 0 radical (unpaired) electrons. The molecule has 0 aliphatic heterocycles. The Kier molecular flexibility index (Phi) is 5.98. The largest absolute Gasteiger partial charge is 0.334 e. The second-order valence-corrected chi connectivity index (χ2v) is 9.20. The van der Waals surface area contributed by atoms with Crippen LogP contribution < -0.4 is 4.72 Å². The average molecular weight is 455 g/mol. The van der Waals surface area contributed by atoms with Gasteiger partial charge in [-0.05, 0) is 49.6 Å². The van der Waals surface area contributed by atoms with E-state index in [1.54, 1.807) is 4.90 Å². The molecule has 144 valence electrons. The normalized spacial score (nSPS) is 15.4. The molecule has 0 bridgehead atoms. The molecule has 0 heterocycles. The van der Waals surface area contributed by atoms with E-state index in [0.29, 0.717) is 6.54 Å². The van der Waals surface area contributed by atoms with Crippen molar-refractivity contribution in [2.45, 2.75) is 43.3 Å². The number of sulfonamides is 1. The summed E-state index contributed by atoms with van der Waals surface area (Å²) in [4.78, 5) is 14.1. The van der Waals surface area contributed by atoms with E-state index in [0.717, 1.165) is 28.9 Å². The Morgan fingerprint density at radius 2 is 1.96 bits per heavy atom. The van der Waals surface area contributed by atoms with E-state index in [1.165, 1.54) is 25.1 Å². The van der Waals surface area contributed by atoms with Crippen molar-refractivity contribution in [2.24, 2.45) is 0 Å². The first-order valence-electron chi connectivity index (χ1n) is 8.60. The molecule has 0 unspecified atom stereocenters. The first kappa shape index (κ1) is 20.0. The van der Waals surface area contributed by atoms with E-state index >= 15 is 0 Å². The number of hydrogen-bond donors (Lipinski definition) is 1. The molecule has 1 amide bonds. The number of hydrogen-bond acceptors (Lipinski definition) is 3. The van der Waals surface area contributed by atoms with Gasteiger partial charge in [-0.3, -0.25) is 4.79 Å². The maximum absolute atomic E-state index is 13.8. The van der Waals surface area contributed by atoms with E-state index in [-0.39, 0.29) is 11.9 Å². The van der Waals surface area contributed by atoms with E-state index < -0.39 is 26.8 Å². The van der Waals surface area contributed by atoms with Crippen LogP contribution in [0.3, 0.4) is 0 Å². The van der Waals surface area contributed by atoms with Gasteiger partial charge in [0.15, 0.2) is 0 Å². The molecule has 0 saturated heterocycles. The van der Waals surface area contributed by atoms with Gasteiger partial charge in [-0.1, -0.05) is 40.2 Å². The fourth-order valence-electron chi connectivity index (χ4n) is 2.86. The number of nitrogens with zero attached hydrogens (tertiary/aromatic N) is 1. The van der Waals surface area contributed by atoms with Crippen molar-refractivity contribution in [3.8, 4) is 0 Å². The third-order valence-electron chi connectivity index (χ3n) is 4.34. The molecule has 27 heavy (non-hydrogen) atoms. The van der Waals surface area contributed by atoms with Gasteiger partial charge in [0, 0.05) is 17.1 Å². The molecule has 8 heteroatoms. The Morgan fingerprint density at radius 3 is 2.59 bits per heavy atom. The van der Waals surface area contributed by atoms with Crippen LogP contribution in [0, 0.1) is 5.82 Å². The summed E-state index contributed by atoms with van der Waals surface area (Å²) in [6.45, 7) is 1.88. The topological polar surface area (TPSA) is 66.5 Å². The molecule has 1 aliphatic rings. The van der Waals surface area contributed by atoms with Crippen LogP contribution in [0.1, 0.15) is 25.3 Å². The highest BCUT2D eigenvalue weighted by atomic mass is 79.9. The zero-order valence-corrected chi connectivity index (χ0v) is 17.1. The van der Waals surface area contributed by atoms with Gasteiger partial charge in [0.25, 0.3) is 0 Å². The lowest BCUT2D eigenvalue weighted by molar-refractivity contribution is -0.133. The fraction of sp³-hybridized carbons (Fsp3) is 0.316. The fourth-order valence-corrected chi connectivity index (χ4v) is 4.59. The molecule has 3 rings (SSSR count). The van der Waals surface area contributed by atoms with Gasteiger partial charge in [0.1, 0.15) is 10.7 Å². The molecule has 2 aromatic rings. The van der Waals surface area contributed by atoms with Gasteiger partial charge in [-0.2, -0.15) is 4.72 Å². The zero-order chi connectivity index (χ0) is 19.6. The van der Waals surface area contributed by atoms with Crippen LogP contribution in [0.25, 0.3) is 0 Å². The molecule has 1 aliphatic carbocycles. The van der Waals surface area contributed by atoms with Crippen molar-refractivity contribution >= 4 is 31.9 Å². The summed E-state index contributed by atoms with van der Waals surface area (Å²) in [6.07, 6.45) is 1.79. The number of amides is 1. The van der Waals surface area contributed by atoms with Gasteiger partial charge in [-0.15, -0.1) is 0 Å². The monoisotopic (exact) mass is 454 g/mol. The van der Waals surface area contributed by atoms with Crippen LogP contribution in [0.2, 0.25) is 0 Å². The molecule has 1 fully saturated rings. The Morgan fingerprint density at radius 1 is 1.26 bits per heavy atom. The van der Waals surface area contributed by atoms with Crippen molar-refractivity contribution in [1.29, 1.82) is 0 Å². The van der Waals surface area contributed by atoms with Crippen molar-refractivity contribution in [3.05, 3.63) is 64.4 Å². The van der Waals surface area contributed by atoms with Crippen molar-refractivity contribution in [1.82, 2.24) is 9.62 Å². The molecule has 1 N–H and O–H groups in total. The second kappa shape index (κ2) is 8.08. The summed E-state index contributed by atoms with van der Waals surface area (Å²) in [6, 6.07) is 11.8. The van der Waals surface area contributed by atoms with E-state index in [1.807, 2.05) is 24.3 Å². The molecule has 1 saturated carbocycles. The van der Waals surface area contributed by atoms with Crippen molar-refractivity contribution in [2.75, 3.05) is 0 Å². The Balaban J connectivity index is 1.75. The minimum Gasteiger partial charge on any atom is -0.334 e. The number of carbonyl (C=O) groups excluding carboxylic acids is 1. The minimum atomic E-state index is -4.13. The van der Waals surface area contributed by atoms with Gasteiger partial charge >= 0.3 is 0 Å². The number of rotatable bonds is 7. The van der Waals surface area contributed by atoms with Crippen molar-refractivity contribution in [3.63, 3.8) is 0 Å². The summed E-state index contributed by atoms with van der Waals surface area (Å²) in [5, 5.41) is 0. The Bertz CT molecular complexity index is 947. The smallest absolute Gasteiger partial charge is 0.244 e. The molecular formula is C19H20BrFN2O3S. The maximum atomic E-state index is 13.8. The lowest BCUT2D eigenvalue weighted by Gasteiger charge is -2.26. The predicted molar refractivity (Wildman–Crippen MR) is 104 cm³/mol. The van der Waals surface area contributed by atoms with E-state index in [4.69, 9.17) is 0 Å². The summed E-state index contributed by atoms with van der Waals surface area (Å²) in [5.41, 5.74) is 0.953. The molecule has 2 aromatic carbocycles. The lowest BCUT2D eigenvalue weighted by atomic mass is 10.2. The molecular weight excluding hydrogens is 435 g/mol. The lowest BCUT2D eigenvalue weighted by Crippen LogP contribution is -2.47. The molecule has 5 nitrogen and oxygen atoms in total. The number of benzene rings is 2. The van der Waals surface area contributed by atoms with Crippen LogP contribution >= 0.6 is 15.9 Å². The first-order chi connectivity index (χ1) is 12.8. The first-order valence-corrected chi connectivity index (χ1v) is 10.9. The average Bonchev–Trinajstić information content (AvgIpc) is 3.44. The Hall–Kier alpha value is -1.77. The summed E-state index contributed by atoms with van der Waals surface area (Å²) in [5.74, 6) is -1.17. The van der Waals surface area contributed by atoms with Crippen LogP contribution in [0.15, 0.2) is 57.9 Å². The van der Waals surface area contributed by atoms with Crippen molar-refractivity contribution < 1.29 is 17.6 Å². The number of halogens is 2. The Labute approximate surface area is 166 Å². The number of nitrogens with one attached hydrogen (secondary N) is 1. The van der Waals surface area contributed by atoms with Gasteiger partial charge in [0.05, 0.1) is 6.04 Å². The van der Waals surface area contributed by atoms with E-state index in [2.05, 4.69) is 20.7 Å². The standard InChI is InChI=1S/C19H20BrFN2O3S/c1-13(22-27(25,26)18-8-3-2-7-17(18)21)19(24)23(16-9-10-16)12-14-5-4-6-15(20)11-14/h2-8,11,13,16,22H,9-10,12H2,1H3/t13-/m0/s1. The highest BCUT2D eigenvalue weighted by Crippen LogP contribution is 2.29. The highest BCUT2D eigenvalue weighted by molar-refractivity contribution is 9.10. The van der Waals surface area contributed by atoms with Gasteiger partial charge in [-0.25, -0.2) is 12.8 Å². The summed E-state index contributed by atoms with van der Waals surface area (Å²) >= 11 is 3.41. The molecule has 0 aromatic heterocycles. The number of carbonyl (C=O) groups is 1. The predicted octanol–water partition coefficient (Wildman–Crippen LogP) is 3.45. The van der Waals surface area contributed by atoms with Crippen LogP contribution in [0.4, 0.5) is 4.39 Å². The molecule has 1 atom stereocenters. The second-order valence-electron chi connectivity index (χ2n) is 6.60. The van der Waals surface area contributed by atoms with Gasteiger partial charge in [0.2, 0.25) is 15.9 Å². The third-order valence-corrected chi connectivity index (χ3v) is 6.41. The SMILES string of the molecule is C[C@H](NS(=O)(=O)c1ccccc1F)C(=O)N(Cc1cccc(Br)c1)C1CC1. The highest BCUT2D eigenvalue weighted by Gasteiger charge is 2.36. The molecule has 0 spiro atoms. The van der Waals surface area contributed by atoms with Crippen LogP contribution in [0.5, 0.6) is 0 Å². The maximum Gasteiger partial charge on any atom is 0.244 e. The van der Waals surface area contributed by atoms with Crippen LogP contribution in [-0.4, -0.2) is 31.3 Å².